The van der Waals surface area contributed by atoms with Crippen LogP contribution in [0.25, 0.3) is 15.5 Å². The van der Waals surface area contributed by atoms with Crippen LogP contribution < -0.4 is 0 Å². The Labute approximate surface area is 159 Å². The van der Waals surface area contributed by atoms with E-state index >= 15 is 0 Å². The molecule has 26 heavy (non-hydrogen) atoms. The minimum Gasteiger partial charge on any atom is -0.384 e. The standard InChI is InChI=1S/C20H28N4OS/c1-19(2,3)14-10-13(11-15(12-14)20(4,5)6)17-23-24-16(8-9-25-7)21-22-18(24)26-17/h10-12H,8-9H2,1-7H3. The number of aromatic nitrogens is 4. The highest BCUT2D eigenvalue weighted by molar-refractivity contribution is 7.19. The summed E-state index contributed by atoms with van der Waals surface area (Å²) in [7, 11) is 1.69. The first kappa shape index (κ1) is 19.0. The van der Waals surface area contributed by atoms with Crippen molar-refractivity contribution in [3.05, 3.63) is 35.2 Å². The maximum absolute atomic E-state index is 5.16. The van der Waals surface area contributed by atoms with Gasteiger partial charge in [0.25, 0.3) is 0 Å². The van der Waals surface area contributed by atoms with Crippen molar-refractivity contribution in [3.63, 3.8) is 0 Å². The monoisotopic (exact) mass is 372 g/mol. The lowest BCUT2D eigenvalue weighted by molar-refractivity contribution is 0.200. The zero-order valence-corrected chi connectivity index (χ0v) is 17.6. The van der Waals surface area contributed by atoms with E-state index in [4.69, 9.17) is 9.84 Å². The molecule has 1 aromatic carbocycles. The molecule has 0 radical (unpaired) electrons. The molecule has 0 saturated carbocycles. The molecule has 0 spiro atoms. The fourth-order valence-corrected chi connectivity index (χ4v) is 3.59. The van der Waals surface area contributed by atoms with Gasteiger partial charge in [0.05, 0.1) is 6.61 Å². The van der Waals surface area contributed by atoms with E-state index in [2.05, 4.69) is 69.9 Å². The molecular weight excluding hydrogens is 344 g/mol. The molecular formula is C20H28N4OS. The van der Waals surface area contributed by atoms with Crippen molar-refractivity contribution < 1.29 is 4.74 Å². The number of nitrogens with zero attached hydrogens (tertiary/aromatic N) is 4. The average Bonchev–Trinajstić information content (AvgIpc) is 3.11. The number of methoxy groups -OCH3 is 1. The number of ether oxygens (including phenoxy) is 1. The summed E-state index contributed by atoms with van der Waals surface area (Å²) in [5.41, 5.74) is 3.96. The van der Waals surface area contributed by atoms with Gasteiger partial charge in [-0.2, -0.15) is 9.61 Å². The number of benzene rings is 1. The third kappa shape index (κ3) is 3.81. The SMILES string of the molecule is COCCc1nnc2sc(-c3cc(C(C)(C)C)cc(C(C)(C)C)c3)nn12. The van der Waals surface area contributed by atoms with Crippen LogP contribution in [-0.2, 0) is 22.0 Å². The van der Waals surface area contributed by atoms with Gasteiger partial charge in [0, 0.05) is 19.1 Å². The van der Waals surface area contributed by atoms with Gasteiger partial charge in [-0.25, -0.2) is 0 Å². The molecule has 0 atom stereocenters. The predicted octanol–water partition coefficient (Wildman–Crippen LogP) is 4.64. The predicted molar refractivity (Wildman–Crippen MR) is 107 cm³/mol. The Morgan fingerprint density at radius 2 is 1.58 bits per heavy atom. The van der Waals surface area contributed by atoms with Gasteiger partial charge in [0.1, 0.15) is 5.01 Å². The normalized spacial score (nSPS) is 12.9. The fraction of sp³-hybridized carbons (Fsp3) is 0.550. The first-order valence-electron chi connectivity index (χ1n) is 8.96. The first-order valence-corrected chi connectivity index (χ1v) is 9.78. The number of hydrogen-bond donors (Lipinski definition) is 0. The van der Waals surface area contributed by atoms with Gasteiger partial charge >= 0.3 is 0 Å². The summed E-state index contributed by atoms with van der Waals surface area (Å²) in [5.74, 6) is 0.840. The molecule has 0 amide bonds. The highest BCUT2D eigenvalue weighted by atomic mass is 32.1. The van der Waals surface area contributed by atoms with E-state index < -0.39 is 0 Å². The highest BCUT2D eigenvalue weighted by Gasteiger charge is 2.22. The molecule has 0 aliphatic heterocycles. The van der Waals surface area contributed by atoms with Crippen LogP contribution in [0.2, 0.25) is 0 Å². The topological polar surface area (TPSA) is 52.3 Å². The van der Waals surface area contributed by atoms with Gasteiger partial charge in [-0.15, -0.1) is 10.2 Å². The Kier molecular flexibility index (Phi) is 4.92. The van der Waals surface area contributed by atoms with E-state index in [1.165, 1.54) is 11.1 Å². The molecule has 6 heteroatoms. The van der Waals surface area contributed by atoms with Gasteiger partial charge in [0.2, 0.25) is 4.96 Å². The molecule has 0 aliphatic carbocycles. The van der Waals surface area contributed by atoms with E-state index in [0.29, 0.717) is 13.0 Å². The lowest BCUT2D eigenvalue weighted by Gasteiger charge is -2.25. The number of rotatable bonds is 4. The number of fused-ring (bicyclic) bond motifs is 1. The molecule has 5 nitrogen and oxygen atoms in total. The summed E-state index contributed by atoms with van der Waals surface area (Å²) in [6, 6.07) is 6.85. The molecule has 0 bridgehead atoms. The molecule has 0 aliphatic rings. The smallest absolute Gasteiger partial charge is 0.234 e. The van der Waals surface area contributed by atoms with E-state index in [0.717, 1.165) is 21.4 Å². The van der Waals surface area contributed by atoms with Gasteiger partial charge in [-0.3, -0.25) is 0 Å². The van der Waals surface area contributed by atoms with E-state index in [-0.39, 0.29) is 10.8 Å². The van der Waals surface area contributed by atoms with Crippen molar-refractivity contribution in [2.24, 2.45) is 0 Å². The third-order valence-corrected chi connectivity index (χ3v) is 5.45. The number of hydrogen-bond acceptors (Lipinski definition) is 5. The molecule has 3 rings (SSSR count). The zero-order valence-electron chi connectivity index (χ0n) is 16.8. The average molecular weight is 373 g/mol. The van der Waals surface area contributed by atoms with Crippen LogP contribution in [0.5, 0.6) is 0 Å². The summed E-state index contributed by atoms with van der Waals surface area (Å²) in [4.78, 5) is 0.824. The van der Waals surface area contributed by atoms with Crippen LogP contribution in [0, 0.1) is 0 Å². The third-order valence-electron chi connectivity index (χ3n) is 4.50. The van der Waals surface area contributed by atoms with E-state index in [9.17, 15) is 0 Å². The molecule has 0 saturated heterocycles. The summed E-state index contributed by atoms with van der Waals surface area (Å²) < 4.78 is 7.00. The molecule has 0 unspecified atom stereocenters. The fourth-order valence-electron chi connectivity index (χ4n) is 2.74. The van der Waals surface area contributed by atoms with Crippen LogP contribution in [0.1, 0.15) is 58.5 Å². The van der Waals surface area contributed by atoms with Crippen molar-refractivity contribution in [3.8, 4) is 10.6 Å². The Bertz CT molecular complexity index is 880. The van der Waals surface area contributed by atoms with Crippen LogP contribution in [-0.4, -0.2) is 33.5 Å². The van der Waals surface area contributed by atoms with E-state index in [1.54, 1.807) is 18.4 Å². The van der Waals surface area contributed by atoms with Gasteiger partial charge in [-0.05, 0) is 34.1 Å². The van der Waals surface area contributed by atoms with E-state index in [1.807, 2.05) is 4.52 Å². The largest absolute Gasteiger partial charge is 0.384 e. The van der Waals surface area contributed by atoms with Gasteiger partial charge in [0.15, 0.2) is 5.82 Å². The minimum absolute atomic E-state index is 0.0819. The Hall–Kier alpha value is -1.79. The lowest BCUT2D eigenvalue weighted by atomic mass is 9.79. The Balaban J connectivity index is 2.10. The molecule has 3 aromatic rings. The van der Waals surface area contributed by atoms with Crippen molar-refractivity contribution in [2.45, 2.75) is 58.8 Å². The Morgan fingerprint density at radius 1 is 0.962 bits per heavy atom. The molecule has 2 heterocycles. The summed E-state index contributed by atoms with van der Waals surface area (Å²) in [5, 5.41) is 14.3. The van der Waals surface area contributed by atoms with Crippen LogP contribution in [0.15, 0.2) is 18.2 Å². The van der Waals surface area contributed by atoms with Gasteiger partial charge in [-0.1, -0.05) is 58.9 Å². The molecule has 0 N–H and O–H groups in total. The minimum atomic E-state index is 0.0819. The second-order valence-corrected chi connectivity index (χ2v) is 9.72. The Morgan fingerprint density at radius 3 is 2.12 bits per heavy atom. The van der Waals surface area contributed by atoms with Crippen molar-refractivity contribution in [2.75, 3.05) is 13.7 Å². The zero-order chi connectivity index (χ0) is 19.1. The summed E-state index contributed by atoms with van der Waals surface area (Å²) >= 11 is 1.58. The lowest BCUT2D eigenvalue weighted by Crippen LogP contribution is -2.16. The maximum Gasteiger partial charge on any atom is 0.234 e. The molecule has 140 valence electrons. The van der Waals surface area contributed by atoms with Crippen LogP contribution in [0.4, 0.5) is 0 Å². The quantitative estimate of drug-likeness (QED) is 0.670. The molecule has 0 fully saturated rings. The maximum atomic E-state index is 5.16. The first-order chi connectivity index (χ1) is 12.1. The van der Waals surface area contributed by atoms with Crippen LogP contribution >= 0.6 is 11.3 Å². The van der Waals surface area contributed by atoms with Crippen LogP contribution in [0.3, 0.4) is 0 Å². The van der Waals surface area contributed by atoms with Crippen molar-refractivity contribution >= 4 is 16.3 Å². The van der Waals surface area contributed by atoms with Crippen molar-refractivity contribution in [1.82, 2.24) is 19.8 Å². The van der Waals surface area contributed by atoms with Gasteiger partial charge < -0.3 is 4.74 Å². The molecule has 2 aromatic heterocycles. The second-order valence-electron chi connectivity index (χ2n) is 8.76. The summed E-state index contributed by atoms with van der Waals surface area (Å²) in [6.45, 7) is 14.1. The highest BCUT2D eigenvalue weighted by Crippen LogP contribution is 2.35. The second kappa shape index (κ2) is 6.74. The van der Waals surface area contributed by atoms with Crippen molar-refractivity contribution in [1.29, 1.82) is 0 Å². The summed E-state index contributed by atoms with van der Waals surface area (Å²) in [6.07, 6.45) is 0.704.